The molecule has 118 valence electrons. The molecule has 1 aromatic heterocycles. The first-order valence-electron chi connectivity index (χ1n) is 7.66. The van der Waals surface area contributed by atoms with E-state index in [1.54, 1.807) is 6.07 Å². The summed E-state index contributed by atoms with van der Waals surface area (Å²) < 4.78 is 26.9. The van der Waals surface area contributed by atoms with E-state index in [2.05, 4.69) is 16.6 Å². The number of nitrogens with zero attached hydrogens (tertiary/aromatic N) is 1. The minimum atomic E-state index is -3.50. The van der Waals surface area contributed by atoms with Crippen molar-refractivity contribution in [1.29, 1.82) is 0 Å². The van der Waals surface area contributed by atoms with Gasteiger partial charge in [-0.25, -0.2) is 18.1 Å². The first-order chi connectivity index (χ1) is 10.0. The summed E-state index contributed by atoms with van der Waals surface area (Å²) in [7, 11) is -3.50. The lowest BCUT2D eigenvalue weighted by atomic mass is 9.81. The summed E-state index contributed by atoms with van der Waals surface area (Å²) in [5.41, 5.74) is 6.30. The van der Waals surface area contributed by atoms with E-state index in [0.717, 1.165) is 17.9 Å². The average molecular weight is 311 g/mol. The van der Waals surface area contributed by atoms with Gasteiger partial charge in [-0.15, -0.1) is 0 Å². The summed E-state index contributed by atoms with van der Waals surface area (Å²) in [6, 6.07) is 3.21. The van der Waals surface area contributed by atoms with E-state index in [1.807, 2.05) is 0 Å². The fourth-order valence-corrected chi connectivity index (χ4v) is 3.96. The number of nitrogens with one attached hydrogen (secondary N) is 1. The molecule has 0 bridgehead atoms. The van der Waals surface area contributed by atoms with Crippen LogP contribution in [0.15, 0.2) is 23.4 Å². The van der Waals surface area contributed by atoms with Crippen LogP contribution in [0.1, 0.15) is 44.6 Å². The van der Waals surface area contributed by atoms with Crippen molar-refractivity contribution < 1.29 is 8.42 Å². The largest absolute Gasteiger partial charge is 0.326 e. The Morgan fingerprint density at radius 1 is 1.38 bits per heavy atom. The number of nitrogens with two attached hydrogens (primary N) is 1. The second-order valence-corrected chi connectivity index (χ2v) is 7.75. The lowest BCUT2D eigenvalue weighted by molar-refractivity contribution is 0.271. The minimum absolute atomic E-state index is 0.0664. The standard InChI is InChI=1S/C15H25N3O2S/c1-12-3-2-4-13(9-12)7-8-18-21(19,20)15-6-5-14(10-16)11-17-15/h5-6,11-13,18H,2-4,7-10,16H2,1H3. The summed E-state index contributed by atoms with van der Waals surface area (Å²) in [6.45, 7) is 3.12. The van der Waals surface area contributed by atoms with Crippen LogP contribution in [0.5, 0.6) is 0 Å². The van der Waals surface area contributed by atoms with Gasteiger partial charge in [0.25, 0.3) is 10.0 Å². The van der Waals surface area contributed by atoms with Crippen molar-refractivity contribution >= 4 is 10.0 Å². The van der Waals surface area contributed by atoms with Gasteiger partial charge in [-0.1, -0.05) is 32.3 Å². The summed E-state index contributed by atoms with van der Waals surface area (Å²) in [6.07, 6.45) is 7.42. The lowest BCUT2D eigenvalue weighted by Crippen LogP contribution is -2.28. The second kappa shape index (κ2) is 7.33. The number of rotatable bonds is 6. The highest BCUT2D eigenvalue weighted by Gasteiger charge is 2.20. The molecular formula is C15H25N3O2S. The van der Waals surface area contributed by atoms with Crippen molar-refractivity contribution in [1.82, 2.24) is 9.71 Å². The van der Waals surface area contributed by atoms with Gasteiger partial charge in [0.15, 0.2) is 5.03 Å². The van der Waals surface area contributed by atoms with Crippen molar-refractivity contribution in [2.24, 2.45) is 17.6 Å². The van der Waals surface area contributed by atoms with E-state index in [4.69, 9.17) is 5.73 Å². The third kappa shape index (κ3) is 4.76. The number of sulfonamides is 1. The molecule has 2 rings (SSSR count). The molecule has 1 aromatic rings. The van der Waals surface area contributed by atoms with Gasteiger partial charge in [0.2, 0.25) is 0 Å². The summed E-state index contributed by atoms with van der Waals surface area (Å²) in [5.74, 6) is 1.41. The maximum absolute atomic E-state index is 12.1. The van der Waals surface area contributed by atoms with E-state index in [-0.39, 0.29) is 5.03 Å². The molecule has 5 nitrogen and oxygen atoms in total. The van der Waals surface area contributed by atoms with Crippen LogP contribution in [-0.2, 0) is 16.6 Å². The first kappa shape index (κ1) is 16.4. The molecule has 1 saturated carbocycles. The van der Waals surface area contributed by atoms with Gasteiger partial charge >= 0.3 is 0 Å². The fourth-order valence-electron chi connectivity index (χ4n) is 2.98. The van der Waals surface area contributed by atoms with Crippen molar-refractivity contribution in [2.75, 3.05) is 6.54 Å². The molecule has 1 heterocycles. The predicted octanol–water partition coefficient (Wildman–Crippen LogP) is 2.04. The molecule has 1 fully saturated rings. The van der Waals surface area contributed by atoms with Gasteiger partial charge in [-0.3, -0.25) is 0 Å². The Kier molecular flexibility index (Phi) is 5.72. The van der Waals surface area contributed by atoms with Crippen molar-refractivity contribution in [3.63, 3.8) is 0 Å². The molecule has 1 aliphatic rings. The van der Waals surface area contributed by atoms with E-state index in [1.165, 1.54) is 37.9 Å². The molecule has 0 spiro atoms. The van der Waals surface area contributed by atoms with Crippen molar-refractivity contribution in [3.8, 4) is 0 Å². The molecule has 0 saturated heterocycles. The van der Waals surface area contributed by atoms with Crippen LogP contribution in [0.25, 0.3) is 0 Å². The van der Waals surface area contributed by atoms with Crippen LogP contribution in [-0.4, -0.2) is 19.9 Å². The molecule has 2 atom stereocenters. The molecule has 0 amide bonds. The fraction of sp³-hybridized carbons (Fsp3) is 0.667. The zero-order valence-corrected chi connectivity index (χ0v) is 13.4. The van der Waals surface area contributed by atoms with Gasteiger partial charge in [0, 0.05) is 19.3 Å². The minimum Gasteiger partial charge on any atom is -0.326 e. The molecule has 0 radical (unpaired) electrons. The monoisotopic (exact) mass is 311 g/mol. The Balaban J connectivity index is 1.85. The molecular weight excluding hydrogens is 286 g/mol. The van der Waals surface area contributed by atoms with E-state index in [9.17, 15) is 8.42 Å². The van der Waals surface area contributed by atoms with Gasteiger partial charge < -0.3 is 5.73 Å². The predicted molar refractivity (Wildman–Crippen MR) is 83.1 cm³/mol. The molecule has 21 heavy (non-hydrogen) atoms. The summed E-state index contributed by atoms with van der Waals surface area (Å²) >= 11 is 0. The van der Waals surface area contributed by atoms with Gasteiger partial charge in [0.05, 0.1) is 0 Å². The third-order valence-electron chi connectivity index (χ3n) is 4.20. The highest BCUT2D eigenvalue weighted by Crippen LogP contribution is 2.30. The quantitative estimate of drug-likeness (QED) is 0.842. The third-order valence-corrected chi connectivity index (χ3v) is 5.57. The van der Waals surface area contributed by atoms with Crippen LogP contribution in [0.2, 0.25) is 0 Å². The lowest BCUT2D eigenvalue weighted by Gasteiger charge is -2.26. The Morgan fingerprint density at radius 3 is 2.81 bits per heavy atom. The number of pyridine rings is 1. The van der Waals surface area contributed by atoms with E-state index < -0.39 is 10.0 Å². The Hall–Kier alpha value is -0.980. The normalized spacial score (nSPS) is 23.1. The van der Waals surface area contributed by atoms with Gasteiger partial charge in [-0.2, -0.15) is 0 Å². The molecule has 2 unspecified atom stereocenters. The summed E-state index contributed by atoms with van der Waals surface area (Å²) in [4.78, 5) is 3.97. The number of aromatic nitrogens is 1. The van der Waals surface area contributed by atoms with Gasteiger partial charge in [0.1, 0.15) is 0 Å². The summed E-state index contributed by atoms with van der Waals surface area (Å²) in [5, 5.41) is 0.0664. The molecule has 6 heteroatoms. The number of hydrogen-bond donors (Lipinski definition) is 2. The second-order valence-electron chi connectivity index (χ2n) is 6.03. The Morgan fingerprint density at radius 2 is 2.19 bits per heavy atom. The molecule has 1 aliphatic carbocycles. The van der Waals surface area contributed by atoms with E-state index in [0.29, 0.717) is 19.0 Å². The Labute approximate surface area is 127 Å². The molecule has 0 aliphatic heterocycles. The number of hydrogen-bond acceptors (Lipinski definition) is 4. The molecule has 3 N–H and O–H groups in total. The van der Waals surface area contributed by atoms with Crippen LogP contribution in [0, 0.1) is 11.8 Å². The highest BCUT2D eigenvalue weighted by molar-refractivity contribution is 7.89. The topological polar surface area (TPSA) is 85.1 Å². The maximum atomic E-state index is 12.1. The Bertz CT molecular complexity index is 543. The van der Waals surface area contributed by atoms with Crippen LogP contribution in [0.3, 0.4) is 0 Å². The van der Waals surface area contributed by atoms with Gasteiger partial charge in [-0.05, 0) is 36.3 Å². The van der Waals surface area contributed by atoms with Crippen LogP contribution < -0.4 is 10.5 Å². The van der Waals surface area contributed by atoms with Crippen molar-refractivity contribution in [3.05, 3.63) is 23.9 Å². The first-order valence-corrected chi connectivity index (χ1v) is 9.14. The highest BCUT2D eigenvalue weighted by atomic mass is 32.2. The smallest absolute Gasteiger partial charge is 0.258 e. The van der Waals surface area contributed by atoms with Crippen molar-refractivity contribution in [2.45, 2.75) is 50.6 Å². The van der Waals surface area contributed by atoms with Crippen LogP contribution in [0.4, 0.5) is 0 Å². The zero-order chi connectivity index (χ0) is 15.3. The zero-order valence-electron chi connectivity index (χ0n) is 12.6. The maximum Gasteiger partial charge on any atom is 0.258 e. The van der Waals surface area contributed by atoms with Crippen LogP contribution >= 0.6 is 0 Å². The average Bonchev–Trinajstić information content (AvgIpc) is 2.47. The van der Waals surface area contributed by atoms with E-state index >= 15 is 0 Å². The SMILES string of the molecule is CC1CCCC(CCNS(=O)(=O)c2ccc(CN)cn2)C1. The molecule has 0 aromatic carbocycles.